The lowest BCUT2D eigenvalue weighted by Gasteiger charge is -2.21. The molecule has 1 atom stereocenters. The predicted molar refractivity (Wildman–Crippen MR) is 115 cm³/mol. The first-order valence-corrected chi connectivity index (χ1v) is 10.8. The molecule has 0 radical (unpaired) electrons. The molecule has 1 saturated heterocycles. The van der Waals surface area contributed by atoms with Gasteiger partial charge in [0.1, 0.15) is 13.2 Å². The average Bonchev–Trinajstić information content (AvgIpc) is 3.20. The molecule has 2 heterocycles. The van der Waals surface area contributed by atoms with Gasteiger partial charge in [-0.15, -0.1) is 0 Å². The van der Waals surface area contributed by atoms with Crippen LogP contribution in [0.15, 0.2) is 42.5 Å². The molecule has 0 aliphatic carbocycles. The lowest BCUT2D eigenvalue weighted by atomic mass is 9.97. The number of fused-ring (bicyclic) bond motifs is 1. The maximum Gasteiger partial charge on any atom is 0.251 e. The summed E-state index contributed by atoms with van der Waals surface area (Å²) in [7, 11) is 0. The minimum atomic E-state index is -0.0723. The summed E-state index contributed by atoms with van der Waals surface area (Å²) in [5.41, 5.74) is 3.15. The summed E-state index contributed by atoms with van der Waals surface area (Å²) >= 11 is 0. The Morgan fingerprint density at radius 3 is 2.83 bits per heavy atom. The van der Waals surface area contributed by atoms with E-state index in [1.807, 2.05) is 24.3 Å². The normalized spacial score (nSPS) is 18.4. The highest BCUT2D eigenvalue weighted by Crippen LogP contribution is 2.32. The number of carbonyl (C=O) groups is 1. The molecular weight excluding hydrogens is 380 g/mol. The van der Waals surface area contributed by atoms with Crippen LogP contribution < -0.4 is 14.8 Å². The molecule has 2 aliphatic rings. The molecule has 0 spiro atoms. The molecule has 2 aromatic rings. The molecule has 4 rings (SSSR count). The van der Waals surface area contributed by atoms with Crippen LogP contribution >= 0.6 is 0 Å². The molecule has 6 nitrogen and oxygen atoms in total. The molecule has 30 heavy (non-hydrogen) atoms. The third-order valence-corrected chi connectivity index (χ3v) is 5.72. The van der Waals surface area contributed by atoms with E-state index in [0.29, 0.717) is 37.7 Å². The van der Waals surface area contributed by atoms with Gasteiger partial charge in [0.25, 0.3) is 5.91 Å². The second kappa shape index (κ2) is 9.96. The van der Waals surface area contributed by atoms with Gasteiger partial charge >= 0.3 is 0 Å². The standard InChI is InChI=1S/C24H30N2O4/c27-10-2-8-25-24(28)21-4-1-3-18(14-21)13-20-7-9-26(17-20)16-19-5-6-22-23(15-19)30-12-11-29-22/h1,3-6,14-15,20,27H,2,7-13,16-17H2,(H,25,28). The van der Waals surface area contributed by atoms with E-state index >= 15 is 0 Å². The highest BCUT2D eigenvalue weighted by molar-refractivity contribution is 5.94. The van der Waals surface area contributed by atoms with E-state index < -0.39 is 0 Å². The summed E-state index contributed by atoms with van der Waals surface area (Å²) in [5, 5.41) is 11.7. The first-order valence-electron chi connectivity index (χ1n) is 10.8. The quantitative estimate of drug-likeness (QED) is 0.655. The lowest BCUT2D eigenvalue weighted by molar-refractivity contribution is 0.0951. The number of ether oxygens (including phenoxy) is 2. The first kappa shape index (κ1) is 20.7. The fourth-order valence-corrected chi connectivity index (χ4v) is 4.22. The molecule has 2 aliphatic heterocycles. The van der Waals surface area contributed by atoms with E-state index in [1.165, 1.54) is 11.1 Å². The number of rotatable bonds is 8. The van der Waals surface area contributed by atoms with E-state index in [9.17, 15) is 4.79 Å². The van der Waals surface area contributed by atoms with Crippen LogP contribution in [0.2, 0.25) is 0 Å². The molecule has 0 bridgehead atoms. The Balaban J connectivity index is 1.30. The van der Waals surface area contributed by atoms with Crippen molar-refractivity contribution in [2.24, 2.45) is 5.92 Å². The van der Waals surface area contributed by atoms with Gasteiger partial charge < -0.3 is 19.9 Å². The fourth-order valence-electron chi connectivity index (χ4n) is 4.22. The summed E-state index contributed by atoms with van der Waals surface area (Å²) in [6.45, 7) is 4.87. The highest BCUT2D eigenvalue weighted by atomic mass is 16.6. The predicted octanol–water partition coefficient (Wildman–Crippen LogP) is 2.63. The van der Waals surface area contributed by atoms with E-state index in [0.717, 1.165) is 44.0 Å². The number of amides is 1. The summed E-state index contributed by atoms with van der Waals surface area (Å²) in [6.07, 6.45) is 2.72. The number of nitrogens with one attached hydrogen (secondary N) is 1. The van der Waals surface area contributed by atoms with E-state index in [-0.39, 0.29) is 12.5 Å². The van der Waals surface area contributed by atoms with Crippen LogP contribution in [0.4, 0.5) is 0 Å². The van der Waals surface area contributed by atoms with Crippen molar-refractivity contribution in [2.45, 2.75) is 25.8 Å². The van der Waals surface area contributed by atoms with Crippen LogP contribution in [0, 0.1) is 5.92 Å². The molecule has 1 amide bonds. The smallest absolute Gasteiger partial charge is 0.251 e. The third kappa shape index (κ3) is 5.32. The van der Waals surface area contributed by atoms with Gasteiger partial charge in [-0.3, -0.25) is 9.69 Å². The zero-order valence-corrected chi connectivity index (χ0v) is 17.3. The second-order valence-electron chi connectivity index (χ2n) is 8.11. The van der Waals surface area contributed by atoms with Crippen molar-refractivity contribution in [1.82, 2.24) is 10.2 Å². The molecule has 6 heteroatoms. The minimum Gasteiger partial charge on any atom is -0.486 e. The van der Waals surface area contributed by atoms with Crippen molar-refractivity contribution in [3.63, 3.8) is 0 Å². The number of nitrogens with zero attached hydrogens (tertiary/aromatic N) is 1. The van der Waals surface area contributed by atoms with Crippen LogP contribution in [0.3, 0.4) is 0 Å². The Morgan fingerprint density at radius 1 is 1.10 bits per heavy atom. The van der Waals surface area contributed by atoms with Crippen LogP contribution in [0.25, 0.3) is 0 Å². The Labute approximate surface area is 177 Å². The molecule has 2 aromatic carbocycles. The van der Waals surface area contributed by atoms with Gasteiger partial charge in [-0.2, -0.15) is 0 Å². The molecule has 2 N–H and O–H groups in total. The zero-order chi connectivity index (χ0) is 20.8. The first-order chi connectivity index (χ1) is 14.7. The number of benzene rings is 2. The Morgan fingerprint density at radius 2 is 1.97 bits per heavy atom. The van der Waals surface area contributed by atoms with Gasteiger partial charge in [0.05, 0.1) is 0 Å². The van der Waals surface area contributed by atoms with Crippen LogP contribution in [-0.2, 0) is 13.0 Å². The Kier molecular flexibility index (Phi) is 6.87. The molecule has 1 fully saturated rings. The topological polar surface area (TPSA) is 71.0 Å². The summed E-state index contributed by atoms with van der Waals surface area (Å²) in [5.74, 6) is 2.21. The van der Waals surface area contributed by atoms with Crippen molar-refractivity contribution < 1.29 is 19.4 Å². The molecule has 0 aromatic heterocycles. The van der Waals surface area contributed by atoms with Crippen molar-refractivity contribution in [2.75, 3.05) is 39.5 Å². The highest BCUT2D eigenvalue weighted by Gasteiger charge is 2.23. The number of aliphatic hydroxyl groups is 1. The van der Waals surface area contributed by atoms with E-state index in [4.69, 9.17) is 14.6 Å². The van der Waals surface area contributed by atoms with Crippen LogP contribution in [0.5, 0.6) is 11.5 Å². The van der Waals surface area contributed by atoms with Crippen molar-refractivity contribution in [1.29, 1.82) is 0 Å². The summed E-state index contributed by atoms with van der Waals surface area (Å²) in [6, 6.07) is 14.1. The number of likely N-dealkylation sites (tertiary alicyclic amines) is 1. The molecule has 0 saturated carbocycles. The monoisotopic (exact) mass is 410 g/mol. The van der Waals surface area contributed by atoms with E-state index in [2.05, 4.69) is 28.4 Å². The zero-order valence-electron chi connectivity index (χ0n) is 17.3. The summed E-state index contributed by atoms with van der Waals surface area (Å²) in [4.78, 5) is 14.7. The van der Waals surface area contributed by atoms with Gasteiger partial charge in [0.2, 0.25) is 0 Å². The second-order valence-corrected chi connectivity index (χ2v) is 8.11. The number of aliphatic hydroxyl groups excluding tert-OH is 1. The maximum absolute atomic E-state index is 12.2. The Hall–Kier alpha value is -2.57. The van der Waals surface area contributed by atoms with Gasteiger partial charge in [-0.1, -0.05) is 18.2 Å². The van der Waals surface area contributed by atoms with Gasteiger partial charge in [0, 0.05) is 31.8 Å². The number of hydrogen-bond donors (Lipinski definition) is 2. The van der Waals surface area contributed by atoms with Gasteiger partial charge in [-0.25, -0.2) is 0 Å². The van der Waals surface area contributed by atoms with Crippen molar-refractivity contribution >= 4 is 5.91 Å². The van der Waals surface area contributed by atoms with Gasteiger partial charge in [-0.05, 0) is 67.1 Å². The molecule has 1 unspecified atom stereocenters. The average molecular weight is 411 g/mol. The van der Waals surface area contributed by atoms with Crippen molar-refractivity contribution in [3.8, 4) is 11.5 Å². The number of hydrogen-bond acceptors (Lipinski definition) is 5. The summed E-state index contributed by atoms with van der Waals surface area (Å²) < 4.78 is 11.3. The Bertz CT molecular complexity index is 870. The van der Waals surface area contributed by atoms with Gasteiger partial charge in [0.15, 0.2) is 11.5 Å². The largest absolute Gasteiger partial charge is 0.486 e. The van der Waals surface area contributed by atoms with Crippen LogP contribution in [0.1, 0.15) is 34.3 Å². The third-order valence-electron chi connectivity index (χ3n) is 5.72. The fraction of sp³-hybridized carbons (Fsp3) is 0.458. The van der Waals surface area contributed by atoms with Crippen LogP contribution in [-0.4, -0.2) is 55.4 Å². The SMILES string of the molecule is O=C(NCCCO)c1cccc(CC2CCN(Cc3ccc4c(c3)OCCO4)C2)c1. The lowest BCUT2D eigenvalue weighted by Crippen LogP contribution is -2.25. The molecular formula is C24H30N2O4. The number of carbonyl (C=O) groups excluding carboxylic acids is 1. The van der Waals surface area contributed by atoms with E-state index in [1.54, 1.807) is 0 Å². The minimum absolute atomic E-state index is 0.0723. The maximum atomic E-state index is 12.2. The van der Waals surface area contributed by atoms with Crippen molar-refractivity contribution in [3.05, 3.63) is 59.2 Å². The molecule has 160 valence electrons.